The van der Waals surface area contributed by atoms with Crippen LogP contribution in [0.3, 0.4) is 0 Å². The fraction of sp³-hybridized carbons (Fsp3) is 0.500. The van der Waals surface area contributed by atoms with Crippen LogP contribution >= 0.6 is 27.5 Å². The molecule has 0 heterocycles. The third-order valence-corrected chi connectivity index (χ3v) is 0. The Morgan fingerprint density at radius 1 is 1.86 bits per heavy atom. The molecule has 0 aromatic rings. The van der Waals surface area contributed by atoms with E-state index in [0.29, 0.717) is 5.23 Å². The van der Waals surface area contributed by atoms with Crippen LogP contribution in [0.25, 0.3) is 0 Å². The van der Waals surface area contributed by atoms with E-state index in [1.54, 1.807) is 0 Å². The molecule has 40 valence electrons. The first-order valence-corrected chi connectivity index (χ1v) is 2.57. The van der Waals surface area contributed by atoms with Crippen LogP contribution in [0.2, 0.25) is 0 Å². The van der Waals surface area contributed by atoms with Crippen LogP contribution in [-0.2, 0) is 25.9 Å². The van der Waals surface area contributed by atoms with E-state index in [-0.39, 0.29) is 21.1 Å². The Morgan fingerprint density at radius 3 is 1.86 bits per heavy atom. The van der Waals surface area contributed by atoms with Crippen LogP contribution in [0, 0.1) is 0 Å². The third kappa shape index (κ3) is 136. The molecule has 0 unspecified atom stereocenters. The molecule has 1 nitrogen and oxygen atoms in total. The fourth-order valence-electron chi connectivity index (χ4n) is 0. The standard InChI is InChI=1S/CH2BBr.CClO.W/c2*2-1-3;/h1H2;;/q;-1;. The number of hydrogen-bond donors (Lipinski definition) is 0. The average molecular weight is 352 g/mol. The Labute approximate surface area is 72.0 Å². The van der Waals surface area contributed by atoms with Crippen LogP contribution in [-0.4, -0.2) is 18.8 Å². The molecule has 0 rings (SSSR count). The minimum atomic E-state index is 0. The van der Waals surface area contributed by atoms with E-state index in [1.807, 2.05) is 0 Å². The number of carbonyl (C=O) groups excluding carboxylic acids is 1. The summed E-state index contributed by atoms with van der Waals surface area (Å²) in [5.74, 6) is 0.972. The van der Waals surface area contributed by atoms with Gasteiger partial charge in [-0.1, -0.05) is 0 Å². The van der Waals surface area contributed by atoms with E-state index >= 15 is 0 Å². The van der Waals surface area contributed by atoms with Crippen molar-refractivity contribution < 1.29 is 25.9 Å². The second-order valence-corrected chi connectivity index (χ2v) is 1.03. The summed E-state index contributed by atoms with van der Waals surface area (Å²) in [5, 5.41) is 0.562. The van der Waals surface area contributed by atoms with E-state index in [4.69, 9.17) is 12.6 Å². The molecule has 0 fully saturated rings. The Bertz CT molecular complexity index is 31.7. The van der Waals surface area contributed by atoms with E-state index in [1.165, 1.54) is 0 Å². The van der Waals surface area contributed by atoms with Crippen molar-refractivity contribution in [1.82, 2.24) is 0 Å². The summed E-state index contributed by atoms with van der Waals surface area (Å²) >= 11 is 7.12. The van der Waals surface area contributed by atoms with Gasteiger partial charge in [-0.25, -0.2) is 0 Å². The van der Waals surface area contributed by atoms with Gasteiger partial charge in [0.2, 0.25) is 0 Å². The minimum absolute atomic E-state index is 0. The van der Waals surface area contributed by atoms with Gasteiger partial charge in [0.25, 0.3) is 0 Å². The Balaban J connectivity index is -0.0000000400. The van der Waals surface area contributed by atoms with Crippen molar-refractivity contribution in [2.45, 2.75) is 0 Å². The van der Waals surface area contributed by atoms with Crippen LogP contribution in [0.5, 0.6) is 0 Å². The first-order chi connectivity index (χ1) is 2.83. The zero-order valence-corrected chi connectivity index (χ0v) is 8.63. The molecule has 2 radical (unpaired) electrons. The summed E-state index contributed by atoms with van der Waals surface area (Å²) < 4.78 is 0. The van der Waals surface area contributed by atoms with Gasteiger partial charge in [-0.05, 0) is 5.23 Å². The predicted octanol–water partition coefficient (Wildman–Crippen LogP) is 0.797. The molecule has 0 aromatic carbocycles. The van der Waals surface area contributed by atoms with Crippen LogP contribution in [0.4, 0.5) is 0 Å². The van der Waals surface area contributed by atoms with Crippen molar-refractivity contribution in [3.8, 4) is 0 Å². The van der Waals surface area contributed by atoms with Gasteiger partial charge in [-0.2, -0.15) is 5.75 Å². The monoisotopic (exact) mass is 351 g/mol. The summed E-state index contributed by atoms with van der Waals surface area (Å²) in [6.07, 6.45) is 0. The maximum absolute atomic E-state index is 8.45. The SMILES string of the molecule is O=[C-]Cl.[B]CBr.[W]. The maximum Gasteiger partial charge on any atom is 0.0807 e. The van der Waals surface area contributed by atoms with Crippen LogP contribution < -0.4 is 0 Å². The van der Waals surface area contributed by atoms with E-state index in [2.05, 4.69) is 27.5 Å². The molecule has 0 saturated heterocycles. The van der Waals surface area contributed by atoms with Crippen molar-refractivity contribution in [3.05, 3.63) is 0 Å². The van der Waals surface area contributed by atoms with E-state index < -0.39 is 0 Å². The van der Waals surface area contributed by atoms with Crippen molar-refractivity contribution in [3.63, 3.8) is 0 Å². The molecule has 7 heavy (non-hydrogen) atoms. The van der Waals surface area contributed by atoms with Gasteiger partial charge in [0.05, 0.1) is 7.85 Å². The molecular formula is C2H2BBrClOW-. The number of hydrogen-bond acceptors (Lipinski definition) is 1. The van der Waals surface area contributed by atoms with Gasteiger partial charge in [-0.3, -0.25) is 0 Å². The summed E-state index contributed by atoms with van der Waals surface area (Å²) in [6, 6.07) is 0. The first-order valence-electron chi connectivity index (χ1n) is 1.07. The second kappa shape index (κ2) is 27.1. The van der Waals surface area contributed by atoms with Crippen LogP contribution in [0.1, 0.15) is 0 Å². The molecule has 0 amide bonds. The summed E-state index contributed by atoms with van der Waals surface area (Å²) in [7, 11) is 4.76. The van der Waals surface area contributed by atoms with Crippen molar-refractivity contribution >= 4 is 41.1 Å². The molecular weight excluding hydrogens is 350 g/mol. The molecule has 5 heteroatoms. The topological polar surface area (TPSA) is 17.1 Å². The minimum Gasteiger partial charge on any atom is -0.525 e. The Hall–Kier alpha value is 1.19. The van der Waals surface area contributed by atoms with Gasteiger partial charge in [-0.15, -0.1) is 15.9 Å². The van der Waals surface area contributed by atoms with Crippen molar-refractivity contribution in [1.29, 1.82) is 0 Å². The largest absolute Gasteiger partial charge is 0.525 e. The molecule has 0 atom stereocenters. The zero-order valence-electron chi connectivity index (χ0n) is 3.36. The Morgan fingerprint density at radius 2 is 1.86 bits per heavy atom. The second-order valence-electron chi connectivity index (χ2n) is 0.231. The number of rotatable bonds is 0. The van der Waals surface area contributed by atoms with Crippen molar-refractivity contribution in [2.24, 2.45) is 0 Å². The quantitative estimate of drug-likeness (QED) is 0.273. The van der Waals surface area contributed by atoms with E-state index in [0.717, 1.165) is 5.75 Å². The van der Waals surface area contributed by atoms with Gasteiger partial charge in [0, 0.05) is 21.1 Å². The normalized spacial score (nSPS) is 4.29. The zero-order chi connectivity index (χ0) is 5.41. The van der Waals surface area contributed by atoms with Gasteiger partial charge < -0.3 is 16.4 Å². The van der Waals surface area contributed by atoms with Gasteiger partial charge >= 0.3 is 0 Å². The molecule has 0 aliphatic heterocycles. The predicted molar refractivity (Wildman–Crippen MR) is 31.1 cm³/mol. The van der Waals surface area contributed by atoms with Crippen LogP contribution in [0.15, 0.2) is 0 Å². The average Bonchev–Trinajstić information content (AvgIpc) is 1.39. The number of halogens is 2. The molecule has 0 spiro atoms. The molecule has 0 aliphatic carbocycles. The number of alkyl halides is 1. The summed E-state index contributed by atoms with van der Waals surface area (Å²) in [6.45, 7) is 0. The third-order valence-electron chi connectivity index (χ3n) is 0. The van der Waals surface area contributed by atoms with Gasteiger partial charge in [0.1, 0.15) is 0 Å². The molecule has 0 N–H and O–H groups in total. The first kappa shape index (κ1) is 15.7. The molecule has 0 bridgehead atoms. The van der Waals surface area contributed by atoms with Crippen molar-refractivity contribution in [2.75, 3.05) is 5.23 Å². The van der Waals surface area contributed by atoms with E-state index in [9.17, 15) is 0 Å². The smallest absolute Gasteiger partial charge is 0.0807 e. The Kier molecular flexibility index (Phi) is 60.8. The molecule has 0 aliphatic rings. The molecule has 0 saturated carbocycles. The van der Waals surface area contributed by atoms with Gasteiger partial charge in [0.15, 0.2) is 0 Å². The summed E-state index contributed by atoms with van der Waals surface area (Å²) in [4.78, 5) is 8.45. The fourth-order valence-corrected chi connectivity index (χ4v) is 0. The maximum atomic E-state index is 8.45. The summed E-state index contributed by atoms with van der Waals surface area (Å²) in [5.41, 5.74) is 0. The molecule has 0 aromatic heterocycles.